The number of benzene rings is 1. The van der Waals surface area contributed by atoms with Gasteiger partial charge in [0.25, 0.3) is 0 Å². The van der Waals surface area contributed by atoms with Crippen molar-refractivity contribution in [2.45, 2.75) is 19.3 Å². The number of nitrogens with two attached hydrogens (primary N) is 1. The first-order valence-corrected chi connectivity index (χ1v) is 5.59. The molecule has 1 aromatic carbocycles. The van der Waals surface area contributed by atoms with Crippen molar-refractivity contribution in [1.82, 2.24) is 0 Å². The first-order chi connectivity index (χ1) is 7.79. The van der Waals surface area contributed by atoms with E-state index in [9.17, 15) is 4.79 Å². The summed E-state index contributed by atoms with van der Waals surface area (Å²) in [4.78, 5) is 11.2. The van der Waals surface area contributed by atoms with E-state index in [1.807, 2.05) is 12.1 Å². The third-order valence-electron chi connectivity index (χ3n) is 2.67. The fourth-order valence-electron chi connectivity index (χ4n) is 1.82. The van der Waals surface area contributed by atoms with Crippen LogP contribution < -0.4 is 11.1 Å². The highest BCUT2D eigenvalue weighted by molar-refractivity contribution is 5.94. The van der Waals surface area contributed by atoms with Gasteiger partial charge in [0.1, 0.15) is 0 Å². The average Bonchev–Trinajstić information content (AvgIpc) is 2.29. The number of carbonyl (C=O) groups excluding carboxylic acids is 1. The molecule has 0 saturated heterocycles. The molecular weight excluding hydrogens is 200 g/mol. The Bertz CT molecular complexity index is 424. The van der Waals surface area contributed by atoms with Crippen LogP contribution >= 0.6 is 0 Å². The number of hydrogen-bond acceptors (Lipinski definition) is 2. The third-order valence-corrected chi connectivity index (χ3v) is 2.67. The Kier molecular flexibility index (Phi) is 3.37. The number of hydrogen-bond donors (Lipinski definition) is 2. The molecule has 84 valence electrons. The minimum absolute atomic E-state index is 0.110. The lowest BCUT2D eigenvalue weighted by Crippen LogP contribution is -2.18. The van der Waals surface area contributed by atoms with Crippen molar-refractivity contribution in [3.8, 4) is 0 Å². The lowest BCUT2D eigenvalue weighted by atomic mass is 10.0. The maximum atomic E-state index is 11.2. The summed E-state index contributed by atoms with van der Waals surface area (Å²) >= 11 is 0. The maximum Gasteiger partial charge on any atom is 0.224 e. The van der Waals surface area contributed by atoms with Gasteiger partial charge in [-0.15, -0.1) is 0 Å². The van der Waals surface area contributed by atoms with Crippen molar-refractivity contribution in [2.75, 3.05) is 11.9 Å². The van der Waals surface area contributed by atoms with E-state index in [4.69, 9.17) is 5.73 Å². The largest absolute Gasteiger partial charge is 0.330 e. The summed E-state index contributed by atoms with van der Waals surface area (Å²) in [7, 11) is 0. The Balaban J connectivity index is 2.16. The number of amides is 1. The quantitative estimate of drug-likeness (QED) is 0.811. The zero-order chi connectivity index (χ0) is 11.4. The summed E-state index contributed by atoms with van der Waals surface area (Å²) in [5.41, 5.74) is 8.76. The number of nitrogens with one attached hydrogen (secondary N) is 1. The zero-order valence-electron chi connectivity index (χ0n) is 9.20. The predicted octanol–water partition coefficient (Wildman–Crippen LogP) is 1.93. The van der Waals surface area contributed by atoms with Gasteiger partial charge in [-0.05, 0) is 42.6 Å². The van der Waals surface area contributed by atoms with Gasteiger partial charge in [0.15, 0.2) is 0 Å². The van der Waals surface area contributed by atoms with Crippen molar-refractivity contribution < 1.29 is 4.79 Å². The molecule has 1 amide bonds. The first-order valence-electron chi connectivity index (χ1n) is 5.59. The minimum Gasteiger partial charge on any atom is -0.330 e. The van der Waals surface area contributed by atoms with Crippen LogP contribution in [0.2, 0.25) is 0 Å². The van der Waals surface area contributed by atoms with Crippen LogP contribution in [0.15, 0.2) is 24.3 Å². The van der Waals surface area contributed by atoms with E-state index in [1.165, 1.54) is 11.1 Å². The van der Waals surface area contributed by atoms with Crippen LogP contribution in [0.3, 0.4) is 0 Å². The lowest BCUT2D eigenvalue weighted by Gasteiger charge is -2.16. The molecule has 1 aromatic rings. The average molecular weight is 216 g/mol. The maximum absolute atomic E-state index is 11.2. The molecule has 3 N–H and O–H groups in total. The van der Waals surface area contributed by atoms with Gasteiger partial charge < -0.3 is 11.1 Å². The molecule has 1 aliphatic heterocycles. The smallest absolute Gasteiger partial charge is 0.224 e. The van der Waals surface area contributed by atoms with Crippen LogP contribution in [0.5, 0.6) is 0 Å². The van der Waals surface area contributed by atoms with Crippen LogP contribution in [-0.4, -0.2) is 12.5 Å². The third kappa shape index (κ3) is 2.49. The van der Waals surface area contributed by atoms with E-state index in [0.717, 1.165) is 18.5 Å². The van der Waals surface area contributed by atoms with Crippen LogP contribution in [0, 0.1) is 0 Å². The first kappa shape index (κ1) is 10.9. The molecule has 3 nitrogen and oxygen atoms in total. The van der Waals surface area contributed by atoms with E-state index in [0.29, 0.717) is 13.0 Å². The molecule has 0 unspecified atom stereocenters. The molecule has 0 saturated carbocycles. The van der Waals surface area contributed by atoms with Gasteiger partial charge in [0.05, 0.1) is 0 Å². The molecule has 0 atom stereocenters. The normalized spacial score (nSPS) is 14.9. The molecule has 2 rings (SSSR count). The van der Waals surface area contributed by atoms with Gasteiger partial charge in [-0.1, -0.05) is 18.2 Å². The highest BCUT2D eigenvalue weighted by Crippen LogP contribution is 2.23. The molecule has 3 heteroatoms. The summed E-state index contributed by atoms with van der Waals surface area (Å²) in [5.74, 6) is 0.110. The lowest BCUT2D eigenvalue weighted by molar-refractivity contribution is -0.116. The summed E-state index contributed by atoms with van der Waals surface area (Å²) < 4.78 is 0. The van der Waals surface area contributed by atoms with Crippen LogP contribution in [0.1, 0.15) is 24.0 Å². The molecule has 0 spiro atoms. The molecule has 0 aliphatic carbocycles. The highest BCUT2D eigenvalue weighted by atomic mass is 16.1. The monoisotopic (exact) mass is 216 g/mol. The second-order valence-corrected chi connectivity index (χ2v) is 3.94. The van der Waals surface area contributed by atoms with Gasteiger partial charge in [0, 0.05) is 12.1 Å². The summed E-state index contributed by atoms with van der Waals surface area (Å²) in [6.07, 6.45) is 6.46. The SMILES string of the molecule is NCCC=Cc1ccc2c(c1)CCC(=O)N2. The predicted molar refractivity (Wildman–Crippen MR) is 66.1 cm³/mol. The molecule has 0 bridgehead atoms. The second kappa shape index (κ2) is 4.94. The Hall–Kier alpha value is -1.61. The molecule has 0 aromatic heterocycles. The number of aryl methyl sites for hydroxylation is 1. The number of rotatable bonds is 3. The van der Waals surface area contributed by atoms with Crippen molar-refractivity contribution in [3.63, 3.8) is 0 Å². The summed E-state index contributed by atoms with van der Waals surface area (Å²) in [5, 5.41) is 2.87. The van der Waals surface area contributed by atoms with E-state index in [-0.39, 0.29) is 5.91 Å². The fraction of sp³-hybridized carbons (Fsp3) is 0.308. The van der Waals surface area contributed by atoms with Gasteiger partial charge in [-0.3, -0.25) is 4.79 Å². The molecule has 1 heterocycles. The summed E-state index contributed by atoms with van der Waals surface area (Å²) in [6, 6.07) is 6.10. The summed E-state index contributed by atoms with van der Waals surface area (Å²) in [6.45, 7) is 0.678. The van der Waals surface area contributed by atoms with Crippen LogP contribution in [0.25, 0.3) is 6.08 Å². The van der Waals surface area contributed by atoms with Gasteiger partial charge in [0.2, 0.25) is 5.91 Å². The van der Waals surface area contributed by atoms with E-state index in [1.54, 1.807) is 0 Å². The topological polar surface area (TPSA) is 55.1 Å². The van der Waals surface area contributed by atoms with Crippen molar-refractivity contribution in [2.24, 2.45) is 5.73 Å². The Morgan fingerprint density at radius 1 is 1.38 bits per heavy atom. The standard InChI is InChI=1S/C13H16N2O/c14-8-2-1-3-10-4-6-12-11(9-10)5-7-13(16)15-12/h1,3-4,6,9H,2,5,7-8,14H2,(H,15,16). The molecule has 0 fully saturated rings. The number of fused-ring (bicyclic) bond motifs is 1. The van der Waals surface area contributed by atoms with Crippen molar-refractivity contribution >= 4 is 17.7 Å². The minimum atomic E-state index is 0.110. The second-order valence-electron chi connectivity index (χ2n) is 3.94. The Morgan fingerprint density at radius 3 is 3.06 bits per heavy atom. The van der Waals surface area contributed by atoms with Crippen LogP contribution in [0.4, 0.5) is 5.69 Å². The molecule has 1 aliphatic rings. The van der Waals surface area contributed by atoms with Gasteiger partial charge in [-0.25, -0.2) is 0 Å². The van der Waals surface area contributed by atoms with Crippen molar-refractivity contribution in [3.05, 3.63) is 35.4 Å². The van der Waals surface area contributed by atoms with E-state index >= 15 is 0 Å². The van der Waals surface area contributed by atoms with Crippen molar-refractivity contribution in [1.29, 1.82) is 0 Å². The van der Waals surface area contributed by atoms with Gasteiger partial charge in [-0.2, -0.15) is 0 Å². The fourth-order valence-corrected chi connectivity index (χ4v) is 1.82. The molecule has 0 radical (unpaired) electrons. The van der Waals surface area contributed by atoms with E-state index < -0.39 is 0 Å². The van der Waals surface area contributed by atoms with Gasteiger partial charge >= 0.3 is 0 Å². The Labute approximate surface area is 95.3 Å². The number of carbonyl (C=O) groups is 1. The number of anilines is 1. The Morgan fingerprint density at radius 2 is 2.25 bits per heavy atom. The van der Waals surface area contributed by atoms with E-state index in [2.05, 4.69) is 23.5 Å². The highest BCUT2D eigenvalue weighted by Gasteiger charge is 2.13. The molecule has 16 heavy (non-hydrogen) atoms. The zero-order valence-corrected chi connectivity index (χ0v) is 9.20. The molecular formula is C13H16N2O. The van der Waals surface area contributed by atoms with Crippen LogP contribution in [-0.2, 0) is 11.2 Å².